The summed E-state index contributed by atoms with van der Waals surface area (Å²) in [5, 5.41) is 12.7. The molecule has 0 radical (unpaired) electrons. The van der Waals surface area contributed by atoms with Crippen LogP contribution in [-0.2, 0) is 24.0 Å². The lowest BCUT2D eigenvalue weighted by molar-refractivity contribution is -0.0926. The van der Waals surface area contributed by atoms with Crippen LogP contribution in [0.4, 0.5) is 5.82 Å². The number of ether oxygens (including phenoxy) is 4. The molecule has 1 N–H and O–H groups in total. The minimum absolute atomic E-state index is 0.0524. The van der Waals surface area contributed by atoms with E-state index in [1.54, 1.807) is 32.7 Å². The van der Waals surface area contributed by atoms with Crippen LogP contribution in [0, 0.1) is 11.3 Å². The molecule has 16 heteroatoms. The smallest absolute Gasteiger partial charge is 0.256 e. The Morgan fingerprint density at radius 1 is 0.826 bits per heavy atom. The van der Waals surface area contributed by atoms with E-state index in [9.17, 15) is 10.1 Å². The zero-order chi connectivity index (χ0) is 49.5. The summed E-state index contributed by atoms with van der Waals surface area (Å²) in [4.78, 5) is 27.5. The molecule has 14 nitrogen and oxygen atoms in total. The van der Waals surface area contributed by atoms with Crippen molar-refractivity contribution in [1.29, 1.82) is 5.26 Å². The van der Waals surface area contributed by atoms with Crippen LogP contribution in [0.2, 0.25) is 18.1 Å². The quantitative estimate of drug-likeness (QED) is 0.0440. The van der Waals surface area contributed by atoms with Crippen LogP contribution in [0.15, 0.2) is 122 Å². The molecule has 7 rings (SSSR count). The van der Waals surface area contributed by atoms with Crippen LogP contribution >= 0.6 is 8.30 Å². The number of aromatic nitrogens is 4. The first-order chi connectivity index (χ1) is 33.0. The predicted molar refractivity (Wildman–Crippen MR) is 273 cm³/mol. The number of benzene rings is 4. The highest BCUT2D eigenvalue weighted by Crippen LogP contribution is 2.53. The van der Waals surface area contributed by atoms with E-state index in [4.69, 9.17) is 37.9 Å². The summed E-state index contributed by atoms with van der Waals surface area (Å²) < 4.78 is 45.6. The van der Waals surface area contributed by atoms with Crippen LogP contribution in [0.25, 0.3) is 11.2 Å². The van der Waals surface area contributed by atoms with Gasteiger partial charge in [-0.3, -0.25) is 14.0 Å². The maximum absolute atomic E-state index is 13.5. The molecule has 364 valence electrons. The maximum Gasteiger partial charge on any atom is 0.256 e. The number of methoxy groups -OCH3 is 2. The number of nitriles is 1. The number of hydrogen-bond donors (Lipinski definition) is 1. The molecule has 1 saturated heterocycles. The van der Waals surface area contributed by atoms with Crippen molar-refractivity contribution in [3.63, 3.8) is 0 Å². The highest BCUT2D eigenvalue weighted by Gasteiger charge is 2.54. The van der Waals surface area contributed by atoms with Crippen molar-refractivity contribution in [2.45, 2.75) is 115 Å². The van der Waals surface area contributed by atoms with E-state index in [1.165, 1.54) is 6.33 Å². The van der Waals surface area contributed by atoms with Crippen molar-refractivity contribution in [3.8, 4) is 17.6 Å². The molecule has 5 atom stereocenters. The summed E-state index contributed by atoms with van der Waals surface area (Å²) in [6, 6.07) is 37.6. The number of anilines is 1. The molecular formula is C53H66N7O7PSi. The Morgan fingerprint density at radius 2 is 1.39 bits per heavy atom. The number of amides is 1. The molecule has 0 saturated carbocycles. The first-order valence-corrected chi connectivity index (χ1v) is 27.8. The molecule has 1 amide bonds. The van der Waals surface area contributed by atoms with Crippen molar-refractivity contribution >= 4 is 39.5 Å². The topological polar surface area (TPSA) is 155 Å². The number of rotatable bonds is 20. The number of fused-ring (bicyclic) bond motifs is 1. The third kappa shape index (κ3) is 11.1. The lowest BCUT2D eigenvalue weighted by Crippen LogP contribution is -2.51. The van der Waals surface area contributed by atoms with Gasteiger partial charge in [-0.1, -0.05) is 93.6 Å². The Kier molecular flexibility index (Phi) is 16.4. The number of nitrogens with one attached hydrogen (secondary N) is 1. The molecule has 2 aromatic heterocycles. The van der Waals surface area contributed by atoms with Crippen molar-refractivity contribution in [3.05, 3.63) is 144 Å². The minimum atomic E-state index is -2.62. The maximum atomic E-state index is 13.5. The van der Waals surface area contributed by atoms with Crippen LogP contribution in [0.1, 0.15) is 88.2 Å². The minimum Gasteiger partial charge on any atom is -0.497 e. The van der Waals surface area contributed by atoms with Gasteiger partial charge in [0.25, 0.3) is 5.91 Å². The fourth-order valence-corrected chi connectivity index (χ4v) is 12.2. The molecule has 1 fully saturated rings. The average molecular weight is 972 g/mol. The standard InChI is InChI=1S/C53H66N7O7PSi/c1-36(2)60(37(3)4)68(32-18-31-54)66-47-46(67-69(10,11)52(5,6)7)44(65-51(47)59-35-57-45-48(55-34-56-49(45)59)58-50(61)38-19-14-12-15-20-38)33-64-53(39-21-16-13-17-22-39,40-23-27-42(62-8)28-24-40)41-25-29-43(63-9)30-26-41/h12-17,19-30,34-37,44,46-47,51H,18,32-33H2,1-11H3,(H,55,56,58,61)/t44-,46-,47-,51-,68?/m1/s1. The normalized spacial score (nSPS) is 18.2. The molecule has 6 aromatic rings. The van der Waals surface area contributed by atoms with E-state index >= 15 is 0 Å². The summed E-state index contributed by atoms with van der Waals surface area (Å²) in [7, 11) is -0.709. The second kappa shape index (κ2) is 22.0. The lowest BCUT2D eigenvalue weighted by atomic mass is 9.80. The van der Waals surface area contributed by atoms with Crippen molar-refractivity contribution in [2.75, 3.05) is 32.3 Å². The second-order valence-electron chi connectivity index (χ2n) is 19.2. The third-order valence-electron chi connectivity index (χ3n) is 13.0. The van der Waals surface area contributed by atoms with Gasteiger partial charge >= 0.3 is 0 Å². The monoisotopic (exact) mass is 971 g/mol. The predicted octanol–water partition coefficient (Wildman–Crippen LogP) is 11.1. The average Bonchev–Trinajstić information content (AvgIpc) is 3.92. The second-order valence-corrected chi connectivity index (χ2v) is 25.8. The lowest BCUT2D eigenvalue weighted by Gasteiger charge is -2.43. The van der Waals surface area contributed by atoms with Crippen molar-refractivity contribution in [1.82, 2.24) is 24.2 Å². The van der Waals surface area contributed by atoms with Gasteiger partial charge in [-0.2, -0.15) is 5.26 Å². The molecule has 0 spiro atoms. The van der Waals surface area contributed by atoms with Crippen LogP contribution in [0.5, 0.6) is 11.5 Å². The number of hydrogen-bond acceptors (Lipinski definition) is 12. The van der Waals surface area contributed by atoms with Crippen molar-refractivity contribution in [2.24, 2.45) is 0 Å². The molecule has 1 unspecified atom stereocenters. The largest absolute Gasteiger partial charge is 0.497 e. The summed E-state index contributed by atoms with van der Waals surface area (Å²) in [5.74, 6) is 1.35. The SMILES string of the molecule is COc1ccc(C(OC[C@H]2O[C@@H](n3cnc4c(NC(=O)c5ccccc5)ncnc43)[C@H](OP(CCC#N)N(C(C)C)C(C)C)[C@@H]2O[Si](C)(C)C(C)(C)C)(c2ccccc2)c2ccc(OC)cc2)cc1. The molecule has 0 aliphatic carbocycles. The van der Waals surface area contributed by atoms with Gasteiger partial charge in [0.15, 0.2) is 31.5 Å². The Balaban J connectivity index is 1.40. The number of imidazole rings is 1. The van der Waals surface area contributed by atoms with Gasteiger partial charge in [0.05, 0.1) is 33.2 Å². The van der Waals surface area contributed by atoms with Gasteiger partial charge in [-0.15, -0.1) is 0 Å². The summed E-state index contributed by atoms with van der Waals surface area (Å²) in [5.41, 5.74) is 2.77. The Labute approximate surface area is 409 Å². The van der Waals surface area contributed by atoms with Gasteiger partial charge in [0.2, 0.25) is 0 Å². The van der Waals surface area contributed by atoms with Crippen molar-refractivity contribution < 1.29 is 32.7 Å². The molecule has 1 aliphatic heterocycles. The Morgan fingerprint density at radius 3 is 1.93 bits per heavy atom. The van der Waals surface area contributed by atoms with Gasteiger partial charge in [-0.25, -0.2) is 15.0 Å². The van der Waals surface area contributed by atoms with Gasteiger partial charge in [0, 0.05) is 30.2 Å². The number of nitrogens with zero attached hydrogens (tertiary/aromatic N) is 6. The summed E-state index contributed by atoms with van der Waals surface area (Å²) >= 11 is 0. The fraction of sp³-hybridized carbons (Fsp3) is 0.415. The van der Waals surface area contributed by atoms with E-state index in [2.05, 4.69) is 94.7 Å². The van der Waals surface area contributed by atoms with E-state index in [-0.39, 0.29) is 35.5 Å². The van der Waals surface area contributed by atoms with Crippen LogP contribution in [-0.4, -0.2) is 95.8 Å². The molecular weight excluding hydrogens is 906 g/mol. The highest BCUT2D eigenvalue weighted by atomic mass is 31.2. The van der Waals surface area contributed by atoms with Gasteiger partial charge in [0.1, 0.15) is 50.0 Å². The zero-order valence-electron chi connectivity index (χ0n) is 41.6. The molecule has 3 heterocycles. The Hall–Kier alpha value is -5.56. The molecule has 0 bridgehead atoms. The first kappa shape index (κ1) is 51.3. The van der Waals surface area contributed by atoms with Crippen LogP contribution < -0.4 is 14.8 Å². The van der Waals surface area contributed by atoms with Gasteiger partial charge < -0.3 is 33.2 Å². The number of carbonyl (C=O) groups excluding carboxylic acids is 1. The summed E-state index contributed by atoms with van der Waals surface area (Å²) in [6.45, 7) is 19.8. The Bertz CT molecular complexity index is 2600. The van der Waals surface area contributed by atoms with Gasteiger partial charge in [-0.05, 0) is 98.9 Å². The zero-order valence-corrected chi connectivity index (χ0v) is 43.5. The molecule has 4 aromatic carbocycles. The van der Waals surface area contributed by atoms with E-state index in [0.29, 0.717) is 40.8 Å². The van der Waals surface area contributed by atoms with E-state index in [1.807, 2.05) is 89.5 Å². The molecule has 1 aliphatic rings. The molecule has 69 heavy (non-hydrogen) atoms. The summed E-state index contributed by atoms with van der Waals surface area (Å²) in [6.07, 6.45) is 0.878. The first-order valence-electron chi connectivity index (χ1n) is 23.5. The third-order valence-corrected chi connectivity index (χ3v) is 20.0. The highest BCUT2D eigenvalue weighted by molar-refractivity contribution is 7.50. The van der Waals surface area contributed by atoms with Crippen LogP contribution in [0.3, 0.4) is 0 Å². The van der Waals surface area contributed by atoms with E-state index < -0.39 is 46.8 Å². The van der Waals surface area contributed by atoms with E-state index in [0.717, 1.165) is 16.7 Å². The fourth-order valence-electron chi connectivity index (χ4n) is 8.64. The number of carbonyl (C=O) groups is 1.